The molecular formula is C28H41N. The number of rotatable bonds is 11. The van der Waals surface area contributed by atoms with Gasteiger partial charge in [0.1, 0.15) is 0 Å². The van der Waals surface area contributed by atoms with Crippen molar-refractivity contribution in [2.45, 2.75) is 103 Å². The predicted octanol–water partition coefficient (Wildman–Crippen LogP) is 8.73. The van der Waals surface area contributed by atoms with Gasteiger partial charge in [-0.05, 0) is 61.6 Å². The van der Waals surface area contributed by atoms with Gasteiger partial charge in [0.05, 0.1) is 0 Å². The molecule has 29 heavy (non-hydrogen) atoms. The van der Waals surface area contributed by atoms with E-state index in [0.29, 0.717) is 5.92 Å². The number of aryl methyl sites for hydroxylation is 1. The van der Waals surface area contributed by atoms with Crippen LogP contribution in [0.1, 0.15) is 108 Å². The lowest BCUT2D eigenvalue weighted by molar-refractivity contribution is 0.300. The summed E-state index contributed by atoms with van der Waals surface area (Å²) >= 11 is 0. The first-order valence-electron chi connectivity index (χ1n) is 12.4. The third-order valence-electron chi connectivity index (χ3n) is 6.87. The maximum Gasteiger partial charge on any atom is 0.0434 e. The van der Waals surface area contributed by atoms with Gasteiger partial charge >= 0.3 is 0 Å². The molecule has 1 saturated carbocycles. The van der Waals surface area contributed by atoms with E-state index >= 15 is 0 Å². The average molecular weight is 392 g/mol. The van der Waals surface area contributed by atoms with Gasteiger partial charge in [0.15, 0.2) is 0 Å². The Kier molecular flexibility index (Phi) is 9.25. The highest BCUT2D eigenvalue weighted by Crippen LogP contribution is 2.37. The highest BCUT2D eigenvalue weighted by Gasteiger charge is 2.22. The van der Waals surface area contributed by atoms with Crippen molar-refractivity contribution in [1.29, 1.82) is 0 Å². The topological polar surface area (TPSA) is 12.9 Å². The van der Waals surface area contributed by atoms with E-state index in [-0.39, 0.29) is 0 Å². The molecule has 1 aliphatic carbocycles. The Bertz CT molecular complexity index is 677. The van der Waals surface area contributed by atoms with E-state index in [0.717, 1.165) is 5.92 Å². The van der Waals surface area contributed by atoms with Crippen LogP contribution in [0, 0.1) is 5.92 Å². The summed E-state index contributed by atoms with van der Waals surface area (Å²) in [5.74, 6) is 1.65. The van der Waals surface area contributed by atoms with Gasteiger partial charge in [-0.1, -0.05) is 89.1 Å². The molecule has 0 aliphatic heterocycles. The Morgan fingerprint density at radius 2 is 1.41 bits per heavy atom. The lowest BCUT2D eigenvalue weighted by Crippen LogP contribution is -2.14. The minimum Gasteiger partial charge on any atom is -0.260 e. The zero-order valence-corrected chi connectivity index (χ0v) is 18.8. The third kappa shape index (κ3) is 6.98. The monoisotopic (exact) mass is 391 g/mol. The molecule has 0 atom stereocenters. The van der Waals surface area contributed by atoms with Gasteiger partial charge in [-0.3, -0.25) is 4.98 Å². The molecule has 0 saturated heterocycles. The maximum atomic E-state index is 4.87. The van der Waals surface area contributed by atoms with E-state index in [9.17, 15) is 0 Å². The Labute approximate surface area is 179 Å². The van der Waals surface area contributed by atoms with Crippen LogP contribution in [0.2, 0.25) is 0 Å². The van der Waals surface area contributed by atoms with E-state index in [2.05, 4.69) is 56.4 Å². The lowest BCUT2D eigenvalue weighted by atomic mass is 9.78. The van der Waals surface area contributed by atoms with E-state index in [1.165, 1.54) is 106 Å². The number of pyridine rings is 1. The van der Waals surface area contributed by atoms with Crippen LogP contribution in [0.25, 0.3) is 11.1 Å². The molecule has 0 bridgehead atoms. The van der Waals surface area contributed by atoms with Crippen molar-refractivity contribution in [1.82, 2.24) is 4.98 Å². The number of aromatic nitrogens is 1. The second kappa shape index (κ2) is 12.2. The first-order chi connectivity index (χ1) is 14.3. The van der Waals surface area contributed by atoms with Gasteiger partial charge in [0.2, 0.25) is 0 Å². The van der Waals surface area contributed by atoms with Gasteiger partial charge in [-0.15, -0.1) is 0 Å². The van der Waals surface area contributed by atoms with E-state index in [4.69, 9.17) is 4.98 Å². The summed E-state index contributed by atoms with van der Waals surface area (Å²) in [4.78, 5) is 4.87. The molecule has 1 aromatic carbocycles. The second-order valence-corrected chi connectivity index (χ2v) is 9.19. The van der Waals surface area contributed by atoms with Crippen molar-refractivity contribution < 1.29 is 0 Å². The van der Waals surface area contributed by atoms with Crippen molar-refractivity contribution in [3.05, 3.63) is 53.9 Å². The highest BCUT2D eigenvalue weighted by atomic mass is 14.7. The molecule has 1 aromatic heterocycles. The fourth-order valence-electron chi connectivity index (χ4n) is 4.87. The number of nitrogens with zero attached hydrogens (tertiary/aromatic N) is 1. The molecule has 1 heterocycles. The molecule has 0 spiro atoms. The summed E-state index contributed by atoms with van der Waals surface area (Å²) in [5.41, 5.74) is 5.32. The fourth-order valence-corrected chi connectivity index (χ4v) is 4.87. The molecule has 1 fully saturated rings. The number of unbranched alkanes of at least 4 members (excludes halogenated alkanes) is 5. The summed E-state index contributed by atoms with van der Waals surface area (Å²) in [6.07, 6.45) is 19.7. The first-order valence-corrected chi connectivity index (χ1v) is 12.4. The van der Waals surface area contributed by atoms with Gasteiger partial charge in [0, 0.05) is 23.4 Å². The van der Waals surface area contributed by atoms with Crippen LogP contribution in [-0.4, -0.2) is 4.98 Å². The molecule has 1 nitrogen and oxygen atoms in total. The summed E-state index contributed by atoms with van der Waals surface area (Å²) in [5, 5.41) is 0. The van der Waals surface area contributed by atoms with Crippen LogP contribution in [0.15, 0.2) is 42.6 Å². The summed E-state index contributed by atoms with van der Waals surface area (Å²) in [7, 11) is 0. The molecular weight excluding hydrogens is 350 g/mol. The quantitative estimate of drug-likeness (QED) is 0.349. The zero-order chi connectivity index (χ0) is 20.3. The van der Waals surface area contributed by atoms with Crippen LogP contribution < -0.4 is 0 Å². The van der Waals surface area contributed by atoms with Crippen molar-refractivity contribution >= 4 is 0 Å². The summed E-state index contributed by atoms with van der Waals surface area (Å²) in [6, 6.07) is 13.7. The molecule has 0 amide bonds. The zero-order valence-electron chi connectivity index (χ0n) is 18.8. The van der Waals surface area contributed by atoms with Crippen LogP contribution in [0.4, 0.5) is 0 Å². The number of benzene rings is 1. The standard InChI is InChI=1S/C28H41N/c1-3-5-7-9-11-24-12-16-25(17-13-24)27-20-21-28(29-22-27)26-18-14-23(15-19-26)10-8-6-4-2/h12-13,16-17,20-23,26H,3-11,14-15,18-19H2,1-2H3. The van der Waals surface area contributed by atoms with E-state index in [1.54, 1.807) is 0 Å². The van der Waals surface area contributed by atoms with Crippen molar-refractivity contribution in [3.8, 4) is 11.1 Å². The van der Waals surface area contributed by atoms with Crippen LogP contribution in [-0.2, 0) is 6.42 Å². The second-order valence-electron chi connectivity index (χ2n) is 9.19. The molecule has 1 heteroatoms. The Balaban J connectivity index is 1.49. The number of hydrogen-bond acceptors (Lipinski definition) is 1. The molecule has 158 valence electrons. The molecule has 0 N–H and O–H groups in total. The molecule has 0 radical (unpaired) electrons. The fraction of sp³-hybridized carbons (Fsp3) is 0.607. The molecule has 1 aliphatic rings. The SMILES string of the molecule is CCCCCCc1ccc(-c2ccc(C3CCC(CCCCC)CC3)nc2)cc1. The third-order valence-corrected chi connectivity index (χ3v) is 6.87. The Morgan fingerprint density at radius 1 is 0.724 bits per heavy atom. The first kappa shape index (κ1) is 22.1. The van der Waals surface area contributed by atoms with Crippen LogP contribution >= 0.6 is 0 Å². The summed E-state index contributed by atoms with van der Waals surface area (Å²) < 4.78 is 0. The van der Waals surface area contributed by atoms with E-state index < -0.39 is 0 Å². The normalized spacial score (nSPS) is 19.4. The van der Waals surface area contributed by atoms with Crippen molar-refractivity contribution in [2.24, 2.45) is 5.92 Å². The maximum absolute atomic E-state index is 4.87. The number of hydrogen-bond donors (Lipinski definition) is 0. The predicted molar refractivity (Wildman–Crippen MR) is 126 cm³/mol. The van der Waals surface area contributed by atoms with Gasteiger partial charge < -0.3 is 0 Å². The van der Waals surface area contributed by atoms with Gasteiger partial charge in [-0.2, -0.15) is 0 Å². The molecule has 0 unspecified atom stereocenters. The summed E-state index contributed by atoms with van der Waals surface area (Å²) in [6.45, 7) is 4.57. The van der Waals surface area contributed by atoms with E-state index in [1.807, 2.05) is 0 Å². The van der Waals surface area contributed by atoms with Gasteiger partial charge in [0.25, 0.3) is 0 Å². The highest BCUT2D eigenvalue weighted by molar-refractivity contribution is 5.62. The minimum atomic E-state index is 0.678. The van der Waals surface area contributed by atoms with Crippen LogP contribution in [0.5, 0.6) is 0 Å². The van der Waals surface area contributed by atoms with Gasteiger partial charge in [-0.25, -0.2) is 0 Å². The van der Waals surface area contributed by atoms with Crippen molar-refractivity contribution in [3.63, 3.8) is 0 Å². The molecule has 2 aromatic rings. The van der Waals surface area contributed by atoms with Crippen LogP contribution in [0.3, 0.4) is 0 Å². The Morgan fingerprint density at radius 3 is 2.07 bits per heavy atom. The smallest absolute Gasteiger partial charge is 0.0434 e. The minimum absolute atomic E-state index is 0.678. The average Bonchev–Trinajstić information content (AvgIpc) is 2.78. The molecule has 3 rings (SSSR count). The largest absolute Gasteiger partial charge is 0.260 e. The lowest BCUT2D eigenvalue weighted by Gasteiger charge is -2.28. The Hall–Kier alpha value is -1.63. The van der Waals surface area contributed by atoms with Crippen molar-refractivity contribution in [2.75, 3.05) is 0 Å².